The zero-order valence-corrected chi connectivity index (χ0v) is 15.6. The number of rotatable bonds is 6. The van der Waals surface area contributed by atoms with Crippen LogP contribution in [0.15, 0.2) is 60.8 Å². The SMILES string of the molecule is CCc1ccccc1NC(=O)c1ccnc(Nc2cccc(C(=O)OC)c2)n1. The number of ether oxygens (including phenoxy) is 1. The topological polar surface area (TPSA) is 93.2 Å². The molecule has 7 heteroatoms. The molecule has 0 bridgehead atoms. The van der Waals surface area contributed by atoms with E-state index in [-0.39, 0.29) is 17.5 Å². The fraction of sp³-hybridized carbons (Fsp3) is 0.143. The first-order chi connectivity index (χ1) is 13.6. The van der Waals surface area contributed by atoms with E-state index in [1.807, 2.05) is 31.2 Å². The Morgan fingerprint density at radius 3 is 2.68 bits per heavy atom. The Morgan fingerprint density at radius 1 is 1.07 bits per heavy atom. The van der Waals surface area contributed by atoms with E-state index in [0.29, 0.717) is 11.3 Å². The van der Waals surface area contributed by atoms with Crippen LogP contribution in [0.5, 0.6) is 0 Å². The van der Waals surface area contributed by atoms with Gasteiger partial charge in [-0.3, -0.25) is 4.79 Å². The maximum absolute atomic E-state index is 12.6. The zero-order chi connectivity index (χ0) is 19.9. The number of nitrogens with zero attached hydrogens (tertiary/aromatic N) is 2. The van der Waals surface area contributed by atoms with Crippen molar-refractivity contribution < 1.29 is 14.3 Å². The van der Waals surface area contributed by atoms with Gasteiger partial charge in [-0.1, -0.05) is 31.2 Å². The molecule has 0 aliphatic carbocycles. The second-order valence-electron chi connectivity index (χ2n) is 5.93. The lowest BCUT2D eigenvalue weighted by molar-refractivity contribution is 0.0600. The van der Waals surface area contributed by atoms with E-state index in [1.54, 1.807) is 30.3 Å². The molecule has 7 nitrogen and oxygen atoms in total. The number of carbonyl (C=O) groups is 2. The molecular formula is C21H20N4O3. The zero-order valence-electron chi connectivity index (χ0n) is 15.6. The Kier molecular flexibility index (Phi) is 5.96. The molecule has 142 valence electrons. The van der Waals surface area contributed by atoms with Crippen LogP contribution < -0.4 is 10.6 Å². The van der Waals surface area contributed by atoms with Crippen LogP contribution in [0.2, 0.25) is 0 Å². The van der Waals surface area contributed by atoms with Gasteiger partial charge in [0.2, 0.25) is 5.95 Å². The molecule has 0 fully saturated rings. The average Bonchev–Trinajstić information content (AvgIpc) is 2.74. The van der Waals surface area contributed by atoms with Gasteiger partial charge in [0.05, 0.1) is 12.7 Å². The second-order valence-corrected chi connectivity index (χ2v) is 5.93. The van der Waals surface area contributed by atoms with Crippen LogP contribution >= 0.6 is 0 Å². The van der Waals surface area contributed by atoms with Crippen molar-refractivity contribution in [3.05, 3.63) is 77.6 Å². The number of amides is 1. The maximum Gasteiger partial charge on any atom is 0.337 e. The van der Waals surface area contributed by atoms with Crippen LogP contribution in [-0.2, 0) is 11.2 Å². The second kappa shape index (κ2) is 8.77. The molecule has 0 aliphatic heterocycles. The first kappa shape index (κ1) is 19.0. The standard InChI is InChI=1S/C21H20N4O3/c1-3-14-7-4-5-10-17(14)24-19(26)18-11-12-22-21(25-18)23-16-9-6-8-15(13-16)20(27)28-2/h4-13H,3H2,1-2H3,(H,24,26)(H,22,23,25). The lowest BCUT2D eigenvalue weighted by Gasteiger charge is -2.10. The summed E-state index contributed by atoms with van der Waals surface area (Å²) in [6.45, 7) is 2.03. The van der Waals surface area contributed by atoms with Crippen LogP contribution in [0.4, 0.5) is 17.3 Å². The third-order valence-corrected chi connectivity index (χ3v) is 4.07. The van der Waals surface area contributed by atoms with E-state index >= 15 is 0 Å². The van der Waals surface area contributed by atoms with Crippen molar-refractivity contribution in [2.24, 2.45) is 0 Å². The Bertz CT molecular complexity index is 1000. The number of esters is 1. The summed E-state index contributed by atoms with van der Waals surface area (Å²) in [6.07, 6.45) is 2.31. The summed E-state index contributed by atoms with van der Waals surface area (Å²) >= 11 is 0. The van der Waals surface area contributed by atoms with Crippen LogP contribution in [0.1, 0.15) is 33.3 Å². The lowest BCUT2D eigenvalue weighted by atomic mass is 10.1. The predicted molar refractivity (Wildman–Crippen MR) is 107 cm³/mol. The summed E-state index contributed by atoms with van der Waals surface area (Å²) in [5, 5.41) is 5.88. The Morgan fingerprint density at radius 2 is 1.89 bits per heavy atom. The molecule has 28 heavy (non-hydrogen) atoms. The number of nitrogens with one attached hydrogen (secondary N) is 2. The van der Waals surface area contributed by atoms with Crippen molar-refractivity contribution >= 4 is 29.2 Å². The highest BCUT2D eigenvalue weighted by molar-refractivity contribution is 6.03. The molecule has 0 saturated heterocycles. The van der Waals surface area contributed by atoms with Crippen molar-refractivity contribution in [3.63, 3.8) is 0 Å². The lowest BCUT2D eigenvalue weighted by Crippen LogP contribution is -2.15. The number of hydrogen-bond acceptors (Lipinski definition) is 6. The number of aromatic nitrogens is 2. The minimum Gasteiger partial charge on any atom is -0.465 e. The number of para-hydroxylation sites is 1. The van der Waals surface area contributed by atoms with Crippen molar-refractivity contribution in [1.29, 1.82) is 0 Å². The van der Waals surface area contributed by atoms with Gasteiger partial charge in [0.1, 0.15) is 5.69 Å². The molecule has 1 heterocycles. The van der Waals surface area contributed by atoms with E-state index in [1.165, 1.54) is 13.3 Å². The van der Waals surface area contributed by atoms with Crippen molar-refractivity contribution in [3.8, 4) is 0 Å². The van der Waals surface area contributed by atoms with Crippen molar-refractivity contribution in [2.75, 3.05) is 17.7 Å². The molecule has 1 aromatic heterocycles. The fourth-order valence-corrected chi connectivity index (χ4v) is 2.65. The Labute approximate surface area is 162 Å². The van der Waals surface area contributed by atoms with E-state index in [9.17, 15) is 9.59 Å². The van der Waals surface area contributed by atoms with Crippen molar-refractivity contribution in [1.82, 2.24) is 9.97 Å². The fourth-order valence-electron chi connectivity index (χ4n) is 2.65. The minimum atomic E-state index is -0.438. The predicted octanol–water partition coefficient (Wildman–Crippen LogP) is 3.82. The molecule has 2 aromatic carbocycles. The van der Waals surface area contributed by atoms with Crippen LogP contribution in [0.3, 0.4) is 0 Å². The maximum atomic E-state index is 12.6. The molecular weight excluding hydrogens is 356 g/mol. The van der Waals surface area contributed by atoms with E-state index in [0.717, 1.165) is 17.7 Å². The molecule has 0 aliphatic rings. The van der Waals surface area contributed by atoms with Crippen LogP contribution in [0.25, 0.3) is 0 Å². The van der Waals surface area contributed by atoms with Gasteiger partial charge in [0.25, 0.3) is 5.91 Å². The molecule has 2 N–H and O–H groups in total. The quantitative estimate of drug-likeness (QED) is 0.635. The monoisotopic (exact) mass is 376 g/mol. The van der Waals surface area contributed by atoms with Crippen LogP contribution in [0, 0.1) is 0 Å². The van der Waals surface area contributed by atoms with E-state index < -0.39 is 5.97 Å². The largest absolute Gasteiger partial charge is 0.465 e. The van der Waals surface area contributed by atoms with E-state index in [2.05, 4.69) is 20.6 Å². The first-order valence-corrected chi connectivity index (χ1v) is 8.78. The molecule has 0 spiro atoms. The molecule has 3 rings (SSSR count). The molecule has 0 unspecified atom stereocenters. The van der Waals surface area contributed by atoms with Gasteiger partial charge in [-0.15, -0.1) is 0 Å². The number of carbonyl (C=O) groups excluding carboxylic acids is 2. The third kappa shape index (κ3) is 4.50. The number of aryl methyl sites for hydroxylation is 1. The summed E-state index contributed by atoms with van der Waals surface area (Å²) in [7, 11) is 1.32. The highest BCUT2D eigenvalue weighted by Crippen LogP contribution is 2.18. The van der Waals surface area contributed by atoms with Gasteiger partial charge in [0.15, 0.2) is 0 Å². The molecule has 3 aromatic rings. The van der Waals surface area contributed by atoms with Gasteiger partial charge < -0.3 is 15.4 Å². The summed E-state index contributed by atoms with van der Waals surface area (Å²) in [5.74, 6) is -0.514. The Balaban J connectivity index is 1.77. The first-order valence-electron chi connectivity index (χ1n) is 8.78. The molecule has 1 amide bonds. The molecule has 0 atom stereocenters. The number of methoxy groups -OCH3 is 1. The minimum absolute atomic E-state index is 0.229. The van der Waals surface area contributed by atoms with Crippen LogP contribution in [-0.4, -0.2) is 29.0 Å². The molecule has 0 saturated carbocycles. The molecule has 0 radical (unpaired) electrons. The van der Waals surface area contributed by atoms with Gasteiger partial charge in [-0.2, -0.15) is 0 Å². The summed E-state index contributed by atoms with van der Waals surface area (Å²) in [6, 6.07) is 15.9. The van der Waals surface area contributed by atoms with Gasteiger partial charge in [0, 0.05) is 17.6 Å². The highest BCUT2D eigenvalue weighted by Gasteiger charge is 2.12. The summed E-state index contributed by atoms with van der Waals surface area (Å²) in [4.78, 5) is 32.6. The summed E-state index contributed by atoms with van der Waals surface area (Å²) in [5.41, 5.74) is 3.04. The number of benzene rings is 2. The summed E-state index contributed by atoms with van der Waals surface area (Å²) < 4.78 is 4.72. The Hall–Kier alpha value is -3.74. The van der Waals surface area contributed by atoms with Gasteiger partial charge >= 0.3 is 5.97 Å². The number of anilines is 3. The smallest absolute Gasteiger partial charge is 0.337 e. The van der Waals surface area contributed by atoms with E-state index in [4.69, 9.17) is 4.74 Å². The third-order valence-electron chi connectivity index (χ3n) is 4.07. The number of hydrogen-bond donors (Lipinski definition) is 2. The van der Waals surface area contributed by atoms with Gasteiger partial charge in [-0.25, -0.2) is 14.8 Å². The highest BCUT2D eigenvalue weighted by atomic mass is 16.5. The normalized spacial score (nSPS) is 10.2. The average molecular weight is 376 g/mol. The van der Waals surface area contributed by atoms with Gasteiger partial charge in [-0.05, 0) is 42.3 Å². The van der Waals surface area contributed by atoms with Crippen molar-refractivity contribution in [2.45, 2.75) is 13.3 Å².